The summed E-state index contributed by atoms with van der Waals surface area (Å²) in [5.74, 6) is 0. The van der Waals surface area contributed by atoms with Crippen molar-refractivity contribution in [2.45, 2.75) is 64.1 Å². The van der Waals surface area contributed by atoms with Crippen molar-refractivity contribution < 1.29 is 23.7 Å². The van der Waals surface area contributed by atoms with Crippen LogP contribution in [0.15, 0.2) is 0 Å². The summed E-state index contributed by atoms with van der Waals surface area (Å²) >= 11 is 0. The van der Waals surface area contributed by atoms with Gasteiger partial charge in [-0.15, -0.1) is 0 Å². The van der Waals surface area contributed by atoms with Gasteiger partial charge in [-0.3, -0.25) is 0 Å². The van der Waals surface area contributed by atoms with E-state index in [4.69, 9.17) is 23.7 Å². The quantitative estimate of drug-likeness (QED) is 0.594. The van der Waals surface area contributed by atoms with Crippen LogP contribution in [0.5, 0.6) is 0 Å². The minimum absolute atomic E-state index is 0.0184. The summed E-state index contributed by atoms with van der Waals surface area (Å²) in [7, 11) is 0. The van der Waals surface area contributed by atoms with Crippen molar-refractivity contribution >= 4 is 0 Å². The van der Waals surface area contributed by atoms with Gasteiger partial charge in [0.25, 0.3) is 0 Å². The number of hydrogen-bond donors (Lipinski definition) is 0. The molecular weight excluding hydrogens is 200 g/mol. The Hall–Kier alpha value is -0.200. The number of hydrogen-bond acceptors (Lipinski definition) is 5. The molecule has 3 aliphatic heterocycles. The lowest BCUT2D eigenvalue weighted by Gasteiger charge is -2.35. The molecule has 0 aromatic rings. The highest BCUT2D eigenvalue weighted by Gasteiger charge is 2.55. The van der Waals surface area contributed by atoms with Crippen LogP contribution in [0.1, 0.15) is 20.8 Å². The summed E-state index contributed by atoms with van der Waals surface area (Å²) in [6.07, 6.45) is -1.03. The Morgan fingerprint density at radius 2 is 1.20 bits per heavy atom. The molecule has 0 saturated carbocycles. The molecule has 0 aromatic carbocycles. The van der Waals surface area contributed by atoms with Gasteiger partial charge >= 0.3 is 0 Å². The van der Waals surface area contributed by atoms with Crippen molar-refractivity contribution in [1.29, 1.82) is 0 Å². The highest BCUT2D eigenvalue weighted by atomic mass is 16.8. The maximum absolute atomic E-state index is 5.69. The zero-order valence-corrected chi connectivity index (χ0v) is 9.08. The summed E-state index contributed by atoms with van der Waals surface area (Å²) in [6, 6.07) is 0. The average molecular weight is 216 g/mol. The summed E-state index contributed by atoms with van der Waals surface area (Å²) < 4.78 is 28.1. The second-order valence-corrected chi connectivity index (χ2v) is 4.28. The fourth-order valence-electron chi connectivity index (χ4n) is 2.49. The van der Waals surface area contributed by atoms with Crippen LogP contribution in [-0.4, -0.2) is 43.3 Å². The molecule has 0 aliphatic carbocycles. The van der Waals surface area contributed by atoms with Gasteiger partial charge in [0.1, 0.15) is 18.3 Å². The third-order valence-electron chi connectivity index (χ3n) is 3.10. The molecule has 3 fully saturated rings. The first-order valence-corrected chi connectivity index (χ1v) is 5.42. The molecule has 0 radical (unpaired) electrons. The molecule has 7 atom stereocenters. The molecule has 0 aromatic heterocycles. The first-order valence-electron chi connectivity index (χ1n) is 5.42. The van der Waals surface area contributed by atoms with Gasteiger partial charge in [0.15, 0.2) is 18.9 Å². The minimum Gasteiger partial charge on any atom is -0.344 e. The van der Waals surface area contributed by atoms with Gasteiger partial charge in [0.05, 0.1) is 6.10 Å². The average Bonchev–Trinajstić information content (AvgIpc) is 2.68. The van der Waals surface area contributed by atoms with Gasteiger partial charge in [-0.1, -0.05) is 0 Å². The molecule has 5 nitrogen and oxygen atoms in total. The first kappa shape index (κ1) is 9.99. The number of ether oxygens (including phenoxy) is 5. The molecule has 3 saturated heterocycles. The Bertz CT molecular complexity index is 258. The van der Waals surface area contributed by atoms with Crippen LogP contribution in [-0.2, 0) is 23.7 Å². The van der Waals surface area contributed by atoms with E-state index in [2.05, 4.69) is 0 Å². The van der Waals surface area contributed by atoms with Gasteiger partial charge in [0.2, 0.25) is 0 Å². The van der Waals surface area contributed by atoms with Gasteiger partial charge in [0, 0.05) is 0 Å². The fraction of sp³-hybridized carbons (Fsp3) is 1.00. The lowest BCUT2D eigenvalue weighted by atomic mass is 10.0. The summed E-state index contributed by atoms with van der Waals surface area (Å²) in [5.41, 5.74) is 0. The molecular formula is C10H16O5. The molecule has 0 amide bonds. The Morgan fingerprint density at radius 1 is 0.600 bits per heavy atom. The van der Waals surface area contributed by atoms with Crippen molar-refractivity contribution in [3.63, 3.8) is 0 Å². The monoisotopic (exact) mass is 216 g/mol. The van der Waals surface area contributed by atoms with Gasteiger partial charge in [-0.25, -0.2) is 0 Å². The van der Waals surface area contributed by atoms with Crippen molar-refractivity contribution in [1.82, 2.24) is 0 Å². The van der Waals surface area contributed by atoms with Crippen LogP contribution in [0.25, 0.3) is 0 Å². The fourth-order valence-corrected chi connectivity index (χ4v) is 2.49. The van der Waals surface area contributed by atoms with Crippen LogP contribution in [0.4, 0.5) is 0 Å². The lowest BCUT2D eigenvalue weighted by molar-refractivity contribution is -0.216. The Kier molecular flexibility index (Phi) is 2.26. The topological polar surface area (TPSA) is 46.2 Å². The maximum Gasteiger partial charge on any atom is 0.189 e. The Labute approximate surface area is 88.6 Å². The molecule has 15 heavy (non-hydrogen) atoms. The van der Waals surface area contributed by atoms with Crippen LogP contribution in [0, 0.1) is 0 Å². The van der Waals surface area contributed by atoms with E-state index in [9.17, 15) is 0 Å². The molecule has 3 rings (SSSR count). The Morgan fingerprint density at radius 3 is 2.00 bits per heavy atom. The van der Waals surface area contributed by atoms with Gasteiger partial charge < -0.3 is 23.7 Å². The van der Waals surface area contributed by atoms with Crippen molar-refractivity contribution in [2.75, 3.05) is 0 Å². The zero-order valence-electron chi connectivity index (χ0n) is 9.08. The first-order chi connectivity index (χ1) is 7.15. The van der Waals surface area contributed by atoms with E-state index in [1.54, 1.807) is 0 Å². The van der Waals surface area contributed by atoms with E-state index in [-0.39, 0.29) is 43.3 Å². The van der Waals surface area contributed by atoms with E-state index < -0.39 is 0 Å². The van der Waals surface area contributed by atoms with Crippen LogP contribution in [0.3, 0.4) is 0 Å². The van der Waals surface area contributed by atoms with Gasteiger partial charge in [-0.05, 0) is 20.8 Å². The van der Waals surface area contributed by atoms with Crippen LogP contribution < -0.4 is 0 Å². The third-order valence-corrected chi connectivity index (χ3v) is 3.10. The highest BCUT2D eigenvalue weighted by Crippen LogP contribution is 2.38. The predicted molar refractivity (Wildman–Crippen MR) is 49.0 cm³/mol. The lowest BCUT2D eigenvalue weighted by Crippen LogP contribution is -2.53. The molecule has 0 bridgehead atoms. The van der Waals surface area contributed by atoms with E-state index in [0.717, 1.165) is 0 Å². The zero-order chi connectivity index (χ0) is 10.6. The number of fused-ring (bicyclic) bond motifs is 3. The normalized spacial score (nSPS) is 59.0. The molecule has 5 heteroatoms. The smallest absolute Gasteiger partial charge is 0.189 e. The van der Waals surface area contributed by atoms with Crippen molar-refractivity contribution in [3.8, 4) is 0 Å². The molecule has 3 aliphatic rings. The maximum atomic E-state index is 5.69. The molecule has 86 valence electrons. The van der Waals surface area contributed by atoms with E-state index in [1.165, 1.54) is 0 Å². The second-order valence-electron chi connectivity index (χ2n) is 4.28. The molecule has 0 spiro atoms. The highest BCUT2D eigenvalue weighted by molar-refractivity contribution is 4.95. The van der Waals surface area contributed by atoms with Crippen molar-refractivity contribution in [2.24, 2.45) is 0 Å². The number of rotatable bonds is 0. The third kappa shape index (κ3) is 1.50. The summed E-state index contributed by atoms with van der Waals surface area (Å²) in [5, 5.41) is 0. The SMILES string of the molecule is CC1O[C@@H]2O[C@@H](C)[C@H]3OC(C)O[C@H]3[C@@H]2O1. The van der Waals surface area contributed by atoms with E-state index in [1.807, 2.05) is 20.8 Å². The summed E-state index contributed by atoms with van der Waals surface area (Å²) in [6.45, 7) is 5.72. The minimum atomic E-state index is -0.315. The Balaban J connectivity index is 1.82. The molecule has 3 heterocycles. The standard InChI is InChI=1S/C10H16O5/c1-4-7-8(13-5(2)12-7)9-10(11-4)15-6(3)14-9/h4-10H,1-3H3/t4-,5?,6?,7+,8+,9-,10-/m0/s1. The van der Waals surface area contributed by atoms with E-state index >= 15 is 0 Å². The van der Waals surface area contributed by atoms with Crippen LogP contribution >= 0.6 is 0 Å². The van der Waals surface area contributed by atoms with Crippen molar-refractivity contribution in [3.05, 3.63) is 0 Å². The largest absolute Gasteiger partial charge is 0.344 e. The molecule has 0 N–H and O–H groups in total. The predicted octanol–water partition coefficient (Wildman–Crippen LogP) is 0.623. The van der Waals surface area contributed by atoms with Crippen LogP contribution in [0.2, 0.25) is 0 Å². The van der Waals surface area contributed by atoms with Gasteiger partial charge in [-0.2, -0.15) is 0 Å². The second kappa shape index (κ2) is 3.40. The van der Waals surface area contributed by atoms with E-state index in [0.29, 0.717) is 0 Å². The summed E-state index contributed by atoms with van der Waals surface area (Å²) in [4.78, 5) is 0. The molecule has 2 unspecified atom stereocenters.